The molecule has 1 aromatic rings. The molecule has 2 rings (SSSR count). The number of hydrogen-bond acceptors (Lipinski definition) is 2. The van der Waals surface area contributed by atoms with E-state index in [2.05, 4.69) is 5.32 Å². The molecule has 0 radical (unpaired) electrons. The Morgan fingerprint density at radius 2 is 2.00 bits per heavy atom. The van der Waals surface area contributed by atoms with E-state index in [1.807, 2.05) is 0 Å². The van der Waals surface area contributed by atoms with Crippen LogP contribution in [0.5, 0.6) is 0 Å². The predicted octanol–water partition coefficient (Wildman–Crippen LogP) is 2.09. The first kappa shape index (κ1) is 13.5. The van der Waals surface area contributed by atoms with Gasteiger partial charge in [-0.25, -0.2) is 8.78 Å². The van der Waals surface area contributed by atoms with Crippen molar-refractivity contribution < 1.29 is 23.5 Å². The van der Waals surface area contributed by atoms with Gasteiger partial charge in [-0.1, -0.05) is 6.07 Å². The third-order valence-electron chi connectivity index (χ3n) is 3.38. The summed E-state index contributed by atoms with van der Waals surface area (Å²) in [5.74, 6) is -4.13. The molecule has 1 aliphatic carbocycles. The Hall–Kier alpha value is -1.98. The summed E-state index contributed by atoms with van der Waals surface area (Å²) in [6.07, 6.45) is 1.65. The Kier molecular flexibility index (Phi) is 3.50. The standard InChI is InChI=1S/C13H13F2NO3/c14-9-4-1-3-8(11(9)15)12(19)16-13(5-2-6-13)7-10(17)18/h1,3-4H,2,5-7H2,(H,16,19)(H,17,18). The molecule has 19 heavy (non-hydrogen) atoms. The number of aliphatic carboxylic acids is 1. The van der Waals surface area contributed by atoms with Crippen molar-refractivity contribution in [3.8, 4) is 0 Å². The van der Waals surface area contributed by atoms with Gasteiger partial charge in [0.2, 0.25) is 0 Å². The summed E-state index contributed by atoms with van der Waals surface area (Å²) < 4.78 is 26.5. The Labute approximate surface area is 108 Å². The van der Waals surface area contributed by atoms with Crippen LogP contribution < -0.4 is 5.32 Å². The number of amides is 1. The molecule has 0 aliphatic heterocycles. The number of carboxylic acids is 1. The Morgan fingerprint density at radius 3 is 2.53 bits per heavy atom. The summed E-state index contributed by atoms with van der Waals surface area (Å²) in [4.78, 5) is 22.7. The highest BCUT2D eigenvalue weighted by Gasteiger charge is 2.40. The number of hydrogen-bond donors (Lipinski definition) is 2. The van der Waals surface area contributed by atoms with E-state index in [0.717, 1.165) is 12.5 Å². The van der Waals surface area contributed by atoms with Gasteiger partial charge in [-0.15, -0.1) is 0 Å². The smallest absolute Gasteiger partial charge is 0.305 e. The molecule has 1 amide bonds. The molecular weight excluding hydrogens is 256 g/mol. The van der Waals surface area contributed by atoms with Crippen LogP contribution in [0, 0.1) is 11.6 Å². The van der Waals surface area contributed by atoms with Gasteiger partial charge in [0.1, 0.15) is 0 Å². The van der Waals surface area contributed by atoms with E-state index < -0.39 is 34.6 Å². The van der Waals surface area contributed by atoms with E-state index >= 15 is 0 Å². The quantitative estimate of drug-likeness (QED) is 0.879. The first-order chi connectivity index (χ1) is 8.93. The zero-order valence-electron chi connectivity index (χ0n) is 10.1. The molecule has 2 N–H and O–H groups in total. The molecule has 1 saturated carbocycles. The van der Waals surface area contributed by atoms with Gasteiger partial charge in [0.15, 0.2) is 11.6 Å². The maximum Gasteiger partial charge on any atom is 0.305 e. The number of carbonyl (C=O) groups is 2. The molecular formula is C13H13F2NO3. The first-order valence-electron chi connectivity index (χ1n) is 5.92. The maximum absolute atomic E-state index is 13.5. The number of carbonyl (C=O) groups excluding carboxylic acids is 1. The minimum absolute atomic E-state index is 0.213. The summed E-state index contributed by atoms with van der Waals surface area (Å²) in [5.41, 5.74) is -1.24. The van der Waals surface area contributed by atoms with Crippen molar-refractivity contribution in [1.82, 2.24) is 5.32 Å². The summed E-state index contributed by atoms with van der Waals surface area (Å²) in [5, 5.41) is 11.3. The van der Waals surface area contributed by atoms with Crippen LogP contribution in [0.3, 0.4) is 0 Å². The molecule has 1 aliphatic rings. The number of benzene rings is 1. The fourth-order valence-electron chi connectivity index (χ4n) is 2.23. The van der Waals surface area contributed by atoms with Gasteiger partial charge in [0.05, 0.1) is 17.5 Å². The lowest BCUT2D eigenvalue weighted by Crippen LogP contribution is -2.54. The molecule has 0 heterocycles. The van der Waals surface area contributed by atoms with Crippen LogP contribution in [0.15, 0.2) is 18.2 Å². The highest BCUT2D eigenvalue weighted by Crippen LogP contribution is 2.35. The average molecular weight is 269 g/mol. The molecule has 1 fully saturated rings. The molecule has 0 aromatic heterocycles. The molecule has 1 aromatic carbocycles. The number of nitrogens with one attached hydrogen (secondary N) is 1. The molecule has 102 valence electrons. The third-order valence-corrected chi connectivity index (χ3v) is 3.38. The minimum atomic E-state index is -1.22. The fraction of sp³-hybridized carbons (Fsp3) is 0.385. The molecule has 6 heteroatoms. The van der Waals surface area contributed by atoms with Gasteiger partial charge in [-0.2, -0.15) is 0 Å². The largest absolute Gasteiger partial charge is 0.481 e. The first-order valence-corrected chi connectivity index (χ1v) is 5.92. The highest BCUT2D eigenvalue weighted by molar-refractivity contribution is 5.95. The van der Waals surface area contributed by atoms with Crippen LogP contribution in [0.25, 0.3) is 0 Å². The van der Waals surface area contributed by atoms with E-state index in [1.54, 1.807) is 0 Å². The SMILES string of the molecule is O=C(O)CC1(NC(=O)c2cccc(F)c2F)CCC1. The second kappa shape index (κ2) is 4.95. The Balaban J connectivity index is 2.16. The van der Waals surface area contributed by atoms with Crippen molar-refractivity contribution in [3.63, 3.8) is 0 Å². The van der Waals surface area contributed by atoms with Crippen molar-refractivity contribution >= 4 is 11.9 Å². The number of rotatable bonds is 4. The van der Waals surface area contributed by atoms with Crippen LogP contribution >= 0.6 is 0 Å². The maximum atomic E-state index is 13.5. The Bertz CT molecular complexity index is 527. The second-order valence-corrected chi connectivity index (χ2v) is 4.76. The van der Waals surface area contributed by atoms with E-state index in [1.165, 1.54) is 12.1 Å². The van der Waals surface area contributed by atoms with Crippen molar-refractivity contribution in [2.24, 2.45) is 0 Å². The van der Waals surface area contributed by atoms with Gasteiger partial charge < -0.3 is 10.4 Å². The summed E-state index contributed by atoms with van der Waals surface area (Å²) in [7, 11) is 0. The zero-order valence-corrected chi connectivity index (χ0v) is 10.1. The van der Waals surface area contributed by atoms with Crippen molar-refractivity contribution in [1.29, 1.82) is 0 Å². The topological polar surface area (TPSA) is 66.4 Å². The van der Waals surface area contributed by atoms with Gasteiger partial charge in [-0.3, -0.25) is 9.59 Å². The lowest BCUT2D eigenvalue weighted by atomic mass is 9.74. The molecule has 4 nitrogen and oxygen atoms in total. The normalized spacial score (nSPS) is 16.5. The van der Waals surface area contributed by atoms with Crippen LogP contribution in [0.4, 0.5) is 8.78 Å². The van der Waals surface area contributed by atoms with E-state index in [-0.39, 0.29) is 6.42 Å². The number of halogens is 2. The molecule has 0 bridgehead atoms. The average Bonchev–Trinajstić information content (AvgIpc) is 2.29. The number of carboxylic acid groups (broad SMARTS) is 1. The highest BCUT2D eigenvalue weighted by atomic mass is 19.2. The van der Waals surface area contributed by atoms with E-state index in [4.69, 9.17) is 5.11 Å². The Morgan fingerprint density at radius 1 is 1.32 bits per heavy atom. The van der Waals surface area contributed by atoms with Crippen molar-refractivity contribution in [2.75, 3.05) is 0 Å². The van der Waals surface area contributed by atoms with Crippen molar-refractivity contribution in [3.05, 3.63) is 35.4 Å². The summed E-state index contributed by atoms with van der Waals surface area (Å²) in [6, 6.07) is 3.32. The van der Waals surface area contributed by atoms with Gasteiger partial charge in [0, 0.05) is 0 Å². The van der Waals surface area contributed by atoms with Crippen LogP contribution in [-0.4, -0.2) is 22.5 Å². The summed E-state index contributed by atoms with van der Waals surface area (Å²) in [6.45, 7) is 0. The molecule has 0 saturated heterocycles. The lowest BCUT2D eigenvalue weighted by Gasteiger charge is -2.41. The van der Waals surface area contributed by atoms with E-state index in [0.29, 0.717) is 12.8 Å². The predicted molar refractivity (Wildman–Crippen MR) is 62.7 cm³/mol. The van der Waals surface area contributed by atoms with E-state index in [9.17, 15) is 18.4 Å². The van der Waals surface area contributed by atoms with Crippen LogP contribution in [0.2, 0.25) is 0 Å². The van der Waals surface area contributed by atoms with Crippen molar-refractivity contribution in [2.45, 2.75) is 31.2 Å². The van der Waals surface area contributed by atoms with Crippen LogP contribution in [0.1, 0.15) is 36.0 Å². The van der Waals surface area contributed by atoms with Gasteiger partial charge in [-0.05, 0) is 31.4 Å². The van der Waals surface area contributed by atoms with Gasteiger partial charge >= 0.3 is 5.97 Å². The molecule has 0 spiro atoms. The lowest BCUT2D eigenvalue weighted by molar-refractivity contribution is -0.139. The molecule has 0 unspecified atom stereocenters. The second-order valence-electron chi connectivity index (χ2n) is 4.76. The zero-order chi connectivity index (χ0) is 14.0. The van der Waals surface area contributed by atoms with Gasteiger partial charge in [0.25, 0.3) is 5.91 Å². The molecule has 0 atom stereocenters. The minimum Gasteiger partial charge on any atom is -0.481 e. The summed E-state index contributed by atoms with van der Waals surface area (Å²) >= 11 is 0. The monoisotopic (exact) mass is 269 g/mol. The van der Waals surface area contributed by atoms with Crippen LogP contribution in [-0.2, 0) is 4.79 Å². The fourth-order valence-corrected chi connectivity index (χ4v) is 2.23. The third kappa shape index (κ3) is 2.72.